The van der Waals surface area contributed by atoms with Crippen molar-refractivity contribution in [1.82, 2.24) is 4.90 Å². The number of hydrogen-bond acceptors (Lipinski definition) is 2. The highest BCUT2D eigenvalue weighted by molar-refractivity contribution is 6.41. The van der Waals surface area contributed by atoms with Crippen molar-refractivity contribution >= 4 is 40.5 Å². The maximum Gasteiger partial charge on any atom is 0.0722 e. The molecule has 1 aromatic carbocycles. The molecule has 1 fully saturated rings. The summed E-state index contributed by atoms with van der Waals surface area (Å²) in [5.74, 6) is 0. The lowest BCUT2D eigenvalue weighted by Gasteiger charge is -2.32. The van der Waals surface area contributed by atoms with Crippen molar-refractivity contribution in [2.45, 2.75) is 25.8 Å². The lowest BCUT2D eigenvalue weighted by Crippen LogP contribution is -2.38. The summed E-state index contributed by atoms with van der Waals surface area (Å²) in [6, 6.07) is 3.88. The number of halogens is 3. The van der Waals surface area contributed by atoms with Gasteiger partial charge in [-0.05, 0) is 31.5 Å². The standard InChI is InChI=1S/C13H17Cl3N2/c1-2-18-5-3-10(4-6-18)17-13-11(15)7-9(14)8-12(13)16/h7-8,10,17H,2-6H2,1H3. The van der Waals surface area contributed by atoms with Crippen molar-refractivity contribution in [3.63, 3.8) is 0 Å². The Morgan fingerprint density at radius 2 is 1.72 bits per heavy atom. The summed E-state index contributed by atoms with van der Waals surface area (Å²) < 4.78 is 0. The second-order valence-corrected chi connectivity index (χ2v) is 5.85. The van der Waals surface area contributed by atoms with Crippen LogP contribution >= 0.6 is 34.8 Å². The van der Waals surface area contributed by atoms with Gasteiger partial charge >= 0.3 is 0 Å². The van der Waals surface area contributed by atoms with Crippen LogP contribution in [0, 0.1) is 0 Å². The van der Waals surface area contributed by atoms with Crippen LogP contribution in [0.4, 0.5) is 5.69 Å². The van der Waals surface area contributed by atoms with Gasteiger partial charge in [-0.3, -0.25) is 0 Å². The number of rotatable bonds is 3. The van der Waals surface area contributed by atoms with Crippen LogP contribution in [0.3, 0.4) is 0 Å². The van der Waals surface area contributed by atoms with E-state index >= 15 is 0 Å². The van der Waals surface area contributed by atoms with Crippen molar-refractivity contribution in [2.75, 3.05) is 25.0 Å². The summed E-state index contributed by atoms with van der Waals surface area (Å²) in [5.41, 5.74) is 0.803. The van der Waals surface area contributed by atoms with Crippen molar-refractivity contribution in [3.05, 3.63) is 27.2 Å². The Bertz CT molecular complexity index is 392. The summed E-state index contributed by atoms with van der Waals surface area (Å²) >= 11 is 18.2. The largest absolute Gasteiger partial charge is 0.380 e. The lowest BCUT2D eigenvalue weighted by atomic mass is 10.0. The van der Waals surface area contributed by atoms with Gasteiger partial charge in [0, 0.05) is 24.2 Å². The molecule has 2 nitrogen and oxygen atoms in total. The number of piperidine rings is 1. The van der Waals surface area contributed by atoms with Crippen LogP contribution in [0.15, 0.2) is 12.1 Å². The zero-order valence-corrected chi connectivity index (χ0v) is 12.6. The van der Waals surface area contributed by atoms with E-state index in [2.05, 4.69) is 17.1 Å². The van der Waals surface area contributed by atoms with Crippen molar-refractivity contribution in [3.8, 4) is 0 Å². The number of benzene rings is 1. The highest BCUT2D eigenvalue weighted by Crippen LogP contribution is 2.34. The number of nitrogens with zero attached hydrogens (tertiary/aromatic N) is 1. The Kier molecular flexibility index (Phi) is 5.02. The highest BCUT2D eigenvalue weighted by atomic mass is 35.5. The van der Waals surface area contributed by atoms with Crippen molar-refractivity contribution in [2.24, 2.45) is 0 Å². The van der Waals surface area contributed by atoms with Crippen LogP contribution in [0.25, 0.3) is 0 Å². The average molecular weight is 308 g/mol. The van der Waals surface area contributed by atoms with Gasteiger partial charge in [0.25, 0.3) is 0 Å². The van der Waals surface area contributed by atoms with Gasteiger partial charge in [0.05, 0.1) is 15.7 Å². The third kappa shape index (κ3) is 3.45. The van der Waals surface area contributed by atoms with Crippen LogP contribution in [0.5, 0.6) is 0 Å². The molecule has 1 aliphatic rings. The van der Waals surface area contributed by atoms with Crippen molar-refractivity contribution in [1.29, 1.82) is 0 Å². The topological polar surface area (TPSA) is 15.3 Å². The minimum Gasteiger partial charge on any atom is -0.380 e. The fraction of sp³-hybridized carbons (Fsp3) is 0.538. The van der Waals surface area contributed by atoms with E-state index in [1.54, 1.807) is 12.1 Å². The van der Waals surface area contributed by atoms with E-state index in [0.29, 0.717) is 21.1 Å². The first kappa shape index (κ1) is 14.3. The predicted molar refractivity (Wildman–Crippen MR) is 80.2 cm³/mol. The Labute approximate surface area is 123 Å². The quantitative estimate of drug-likeness (QED) is 0.881. The fourth-order valence-corrected chi connectivity index (χ4v) is 3.20. The third-order valence-corrected chi connectivity index (χ3v) is 4.20. The number of likely N-dealkylation sites (tertiary alicyclic amines) is 1. The molecule has 0 amide bonds. The van der Waals surface area contributed by atoms with E-state index in [0.717, 1.165) is 38.2 Å². The molecule has 1 aromatic rings. The van der Waals surface area contributed by atoms with Crippen LogP contribution in [-0.2, 0) is 0 Å². The molecule has 100 valence electrons. The molecule has 0 saturated carbocycles. The lowest BCUT2D eigenvalue weighted by molar-refractivity contribution is 0.229. The first-order valence-corrected chi connectivity index (χ1v) is 7.37. The molecule has 1 N–H and O–H groups in total. The molecule has 5 heteroatoms. The van der Waals surface area contributed by atoms with Gasteiger partial charge in [0.1, 0.15) is 0 Å². The minimum atomic E-state index is 0.434. The molecule has 0 unspecified atom stereocenters. The molecule has 18 heavy (non-hydrogen) atoms. The molecule has 2 rings (SSSR count). The molecule has 1 heterocycles. The molecule has 1 aliphatic heterocycles. The third-order valence-electron chi connectivity index (χ3n) is 3.39. The molecular formula is C13H17Cl3N2. The summed E-state index contributed by atoms with van der Waals surface area (Å²) in [4.78, 5) is 2.45. The van der Waals surface area contributed by atoms with Gasteiger partial charge in [-0.25, -0.2) is 0 Å². The minimum absolute atomic E-state index is 0.434. The normalized spacial score (nSPS) is 18.0. The number of nitrogens with one attached hydrogen (secondary N) is 1. The van der Waals surface area contributed by atoms with E-state index in [-0.39, 0.29) is 0 Å². The molecule has 0 atom stereocenters. The molecule has 0 radical (unpaired) electrons. The van der Waals surface area contributed by atoms with Gasteiger partial charge in [-0.15, -0.1) is 0 Å². The van der Waals surface area contributed by atoms with Gasteiger partial charge in [-0.1, -0.05) is 41.7 Å². The van der Waals surface area contributed by atoms with E-state index in [1.165, 1.54) is 0 Å². The second-order valence-electron chi connectivity index (χ2n) is 4.60. The zero-order valence-electron chi connectivity index (χ0n) is 10.3. The summed E-state index contributed by atoms with van der Waals surface area (Å²) in [6.45, 7) is 5.56. The SMILES string of the molecule is CCN1CCC(Nc2c(Cl)cc(Cl)cc2Cl)CC1. The molecule has 0 aromatic heterocycles. The average Bonchev–Trinajstić information content (AvgIpc) is 2.34. The smallest absolute Gasteiger partial charge is 0.0722 e. The number of hydrogen-bond donors (Lipinski definition) is 1. The van der Waals surface area contributed by atoms with E-state index < -0.39 is 0 Å². The second kappa shape index (κ2) is 6.33. The van der Waals surface area contributed by atoms with E-state index in [4.69, 9.17) is 34.8 Å². The molecule has 0 bridgehead atoms. The molecule has 0 aliphatic carbocycles. The zero-order chi connectivity index (χ0) is 13.1. The molecule has 0 spiro atoms. The van der Waals surface area contributed by atoms with Crippen LogP contribution in [0.2, 0.25) is 15.1 Å². The Balaban J connectivity index is 2.02. The highest BCUT2D eigenvalue weighted by Gasteiger charge is 2.19. The van der Waals surface area contributed by atoms with Crippen LogP contribution < -0.4 is 5.32 Å². The first-order valence-electron chi connectivity index (χ1n) is 6.23. The van der Waals surface area contributed by atoms with Gasteiger partial charge in [0.15, 0.2) is 0 Å². The fourth-order valence-electron chi connectivity index (χ4n) is 2.28. The first-order chi connectivity index (χ1) is 8.60. The summed E-state index contributed by atoms with van der Waals surface area (Å²) in [7, 11) is 0. The maximum atomic E-state index is 6.17. The molecule has 1 saturated heterocycles. The van der Waals surface area contributed by atoms with E-state index in [1.807, 2.05) is 0 Å². The van der Waals surface area contributed by atoms with Gasteiger partial charge in [-0.2, -0.15) is 0 Å². The van der Waals surface area contributed by atoms with Crippen LogP contribution in [0.1, 0.15) is 19.8 Å². The summed E-state index contributed by atoms with van der Waals surface area (Å²) in [6.07, 6.45) is 2.23. The molecular weight excluding hydrogens is 291 g/mol. The number of anilines is 1. The van der Waals surface area contributed by atoms with Gasteiger partial charge in [0.2, 0.25) is 0 Å². The maximum absolute atomic E-state index is 6.17. The van der Waals surface area contributed by atoms with Crippen molar-refractivity contribution < 1.29 is 0 Å². The Morgan fingerprint density at radius 3 is 2.22 bits per heavy atom. The van der Waals surface area contributed by atoms with E-state index in [9.17, 15) is 0 Å². The van der Waals surface area contributed by atoms with Gasteiger partial charge < -0.3 is 10.2 Å². The summed E-state index contributed by atoms with van der Waals surface area (Å²) in [5, 5.41) is 5.18. The predicted octanol–water partition coefficient (Wildman–Crippen LogP) is 4.54. The van der Waals surface area contributed by atoms with Crippen LogP contribution in [-0.4, -0.2) is 30.6 Å². The Morgan fingerprint density at radius 1 is 1.17 bits per heavy atom. The Hall–Kier alpha value is -0.150. The monoisotopic (exact) mass is 306 g/mol.